The van der Waals surface area contributed by atoms with E-state index in [2.05, 4.69) is 6.92 Å². The average Bonchev–Trinajstić information content (AvgIpc) is 2.24. The van der Waals surface area contributed by atoms with E-state index in [1.54, 1.807) is 0 Å². The number of nitrogens with two attached hydrogens (primary N) is 1. The van der Waals surface area contributed by atoms with Gasteiger partial charge in [0, 0.05) is 11.0 Å². The molecule has 0 aromatic rings. The van der Waals surface area contributed by atoms with Gasteiger partial charge in [-0.3, -0.25) is 0 Å². The number of rotatable bonds is 3. The van der Waals surface area contributed by atoms with Crippen LogP contribution in [0.1, 0.15) is 65.7 Å². The first-order valence-electron chi connectivity index (χ1n) is 7.81. The van der Waals surface area contributed by atoms with Crippen LogP contribution in [0.3, 0.4) is 0 Å². The first-order chi connectivity index (χ1) is 8.30. The molecule has 4 bridgehead atoms. The molecular formula is C16H29NO. The van der Waals surface area contributed by atoms with E-state index < -0.39 is 11.1 Å². The van der Waals surface area contributed by atoms with Crippen LogP contribution in [0.25, 0.3) is 0 Å². The Kier molecular flexibility index (Phi) is 2.68. The van der Waals surface area contributed by atoms with Crippen molar-refractivity contribution in [3.05, 3.63) is 0 Å². The molecule has 4 aliphatic rings. The van der Waals surface area contributed by atoms with Crippen LogP contribution in [0.15, 0.2) is 0 Å². The Morgan fingerprint density at radius 1 is 1.06 bits per heavy atom. The summed E-state index contributed by atoms with van der Waals surface area (Å²) in [5.74, 6) is 2.62. The third-order valence-electron chi connectivity index (χ3n) is 6.49. The smallest absolute Gasteiger partial charge is 0.0874 e. The SMILES string of the molecule is CCC(O)(C(C)(C)N)C12CC3CC(CC(C3)C1)C2. The molecular weight excluding hydrogens is 222 g/mol. The summed E-state index contributed by atoms with van der Waals surface area (Å²) < 4.78 is 0. The summed E-state index contributed by atoms with van der Waals surface area (Å²) >= 11 is 0. The molecule has 4 rings (SSSR count). The molecule has 0 saturated heterocycles. The van der Waals surface area contributed by atoms with Gasteiger partial charge in [-0.05, 0) is 76.5 Å². The highest BCUT2D eigenvalue weighted by Crippen LogP contribution is 2.65. The summed E-state index contributed by atoms with van der Waals surface area (Å²) in [7, 11) is 0. The van der Waals surface area contributed by atoms with Crippen molar-refractivity contribution < 1.29 is 5.11 Å². The monoisotopic (exact) mass is 251 g/mol. The first kappa shape index (κ1) is 12.9. The van der Waals surface area contributed by atoms with Crippen molar-refractivity contribution in [1.29, 1.82) is 0 Å². The second kappa shape index (κ2) is 3.73. The lowest BCUT2D eigenvalue weighted by atomic mass is 9.43. The Morgan fingerprint density at radius 3 is 1.72 bits per heavy atom. The lowest BCUT2D eigenvalue weighted by Gasteiger charge is -2.65. The van der Waals surface area contributed by atoms with Crippen LogP contribution in [0.4, 0.5) is 0 Å². The Morgan fingerprint density at radius 2 is 1.44 bits per heavy atom. The van der Waals surface area contributed by atoms with Crippen LogP contribution in [-0.2, 0) is 0 Å². The van der Waals surface area contributed by atoms with E-state index in [9.17, 15) is 5.11 Å². The molecule has 0 spiro atoms. The van der Waals surface area contributed by atoms with E-state index in [-0.39, 0.29) is 5.41 Å². The quantitative estimate of drug-likeness (QED) is 0.809. The second-order valence-electron chi connectivity index (χ2n) is 8.13. The highest BCUT2D eigenvalue weighted by Gasteiger charge is 2.62. The summed E-state index contributed by atoms with van der Waals surface area (Å²) in [6.45, 7) is 6.16. The van der Waals surface area contributed by atoms with Gasteiger partial charge in [0.2, 0.25) is 0 Å². The zero-order chi connectivity index (χ0) is 13.2. The number of hydrogen-bond donors (Lipinski definition) is 2. The van der Waals surface area contributed by atoms with E-state index >= 15 is 0 Å². The molecule has 0 amide bonds. The van der Waals surface area contributed by atoms with Gasteiger partial charge >= 0.3 is 0 Å². The molecule has 2 heteroatoms. The fourth-order valence-corrected chi connectivity index (χ4v) is 6.13. The molecule has 18 heavy (non-hydrogen) atoms. The second-order valence-corrected chi connectivity index (χ2v) is 8.13. The van der Waals surface area contributed by atoms with Crippen LogP contribution in [0, 0.1) is 23.2 Å². The molecule has 4 saturated carbocycles. The van der Waals surface area contributed by atoms with Gasteiger partial charge in [0.15, 0.2) is 0 Å². The van der Waals surface area contributed by atoms with Crippen molar-refractivity contribution in [2.24, 2.45) is 28.9 Å². The third kappa shape index (κ3) is 1.54. The van der Waals surface area contributed by atoms with Gasteiger partial charge in [0.25, 0.3) is 0 Å². The third-order valence-corrected chi connectivity index (χ3v) is 6.49. The maximum absolute atomic E-state index is 11.4. The van der Waals surface area contributed by atoms with Gasteiger partial charge in [-0.25, -0.2) is 0 Å². The minimum atomic E-state index is -0.685. The fraction of sp³-hybridized carbons (Fsp3) is 1.00. The molecule has 2 nitrogen and oxygen atoms in total. The standard InChI is InChI=1S/C16H29NO/c1-4-16(18,14(2,3)17)15-8-11-5-12(9-15)7-13(6-11)10-15/h11-13,18H,4-10,17H2,1-3H3. The Balaban J connectivity index is 1.99. The maximum Gasteiger partial charge on any atom is 0.0874 e. The van der Waals surface area contributed by atoms with Crippen LogP contribution < -0.4 is 5.73 Å². The Labute approximate surface area is 111 Å². The van der Waals surface area contributed by atoms with Crippen LogP contribution in [-0.4, -0.2) is 16.2 Å². The van der Waals surface area contributed by atoms with E-state index in [1.165, 1.54) is 38.5 Å². The molecule has 0 aliphatic heterocycles. The van der Waals surface area contributed by atoms with Crippen LogP contribution >= 0.6 is 0 Å². The molecule has 0 aromatic heterocycles. The van der Waals surface area contributed by atoms with Gasteiger partial charge in [0.1, 0.15) is 0 Å². The predicted molar refractivity (Wildman–Crippen MR) is 74.1 cm³/mol. The maximum atomic E-state index is 11.4. The zero-order valence-electron chi connectivity index (χ0n) is 12.2. The largest absolute Gasteiger partial charge is 0.387 e. The van der Waals surface area contributed by atoms with Gasteiger partial charge in [-0.1, -0.05) is 6.92 Å². The minimum absolute atomic E-state index is 0.120. The Bertz CT molecular complexity index is 308. The van der Waals surface area contributed by atoms with Crippen molar-refractivity contribution in [1.82, 2.24) is 0 Å². The van der Waals surface area contributed by atoms with E-state index in [0.29, 0.717) is 0 Å². The fourth-order valence-electron chi connectivity index (χ4n) is 6.13. The molecule has 1 unspecified atom stereocenters. The average molecular weight is 251 g/mol. The number of aliphatic hydroxyl groups is 1. The van der Waals surface area contributed by atoms with Crippen molar-refractivity contribution in [3.63, 3.8) is 0 Å². The van der Waals surface area contributed by atoms with Gasteiger partial charge < -0.3 is 10.8 Å². The lowest BCUT2D eigenvalue weighted by molar-refractivity contribution is -0.205. The van der Waals surface area contributed by atoms with Crippen molar-refractivity contribution >= 4 is 0 Å². The topological polar surface area (TPSA) is 46.2 Å². The first-order valence-corrected chi connectivity index (χ1v) is 7.81. The summed E-state index contributed by atoms with van der Waals surface area (Å²) in [4.78, 5) is 0. The highest BCUT2D eigenvalue weighted by molar-refractivity contribution is 5.15. The molecule has 0 aromatic carbocycles. The van der Waals surface area contributed by atoms with E-state index in [4.69, 9.17) is 5.73 Å². The van der Waals surface area contributed by atoms with E-state index in [0.717, 1.165) is 24.2 Å². The summed E-state index contributed by atoms with van der Waals surface area (Å²) in [5, 5.41) is 11.4. The number of hydrogen-bond acceptors (Lipinski definition) is 2. The molecule has 4 fully saturated rings. The molecule has 1 atom stereocenters. The van der Waals surface area contributed by atoms with Crippen LogP contribution in [0.5, 0.6) is 0 Å². The van der Waals surface area contributed by atoms with Crippen molar-refractivity contribution in [3.8, 4) is 0 Å². The summed E-state index contributed by atoms with van der Waals surface area (Å²) in [5.41, 5.74) is 5.34. The molecule has 0 radical (unpaired) electrons. The van der Waals surface area contributed by atoms with Gasteiger partial charge in [-0.15, -0.1) is 0 Å². The van der Waals surface area contributed by atoms with Crippen molar-refractivity contribution in [2.75, 3.05) is 0 Å². The summed E-state index contributed by atoms with van der Waals surface area (Å²) in [6.07, 6.45) is 8.73. The molecule has 4 aliphatic carbocycles. The lowest BCUT2D eigenvalue weighted by Crippen LogP contribution is -2.69. The molecule has 0 heterocycles. The van der Waals surface area contributed by atoms with Gasteiger partial charge in [-0.2, -0.15) is 0 Å². The summed E-state index contributed by atoms with van der Waals surface area (Å²) in [6, 6.07) is 0. The molecule has 3 N–H and O–H groups in total. The predicted octanol–water partition coefficient (Wildman–Crippen LogP) is 3.08. The van der Waals surface area contributed by atoms with Gasteiger partial charge in [0.05, 0.1) is 5.60 Å². The zero-order valence-corrected chi connectivity index (χ0v) is 12.2. The van der Waals surface area contributed by atoms with Crippen molar-refractivity contribution in [2.45, 2.75) is 76.9 Å². The Hall–Kier alpha value is -0.0800. The van der Waals surface area contributed by atoms with E-state index in [1.807, 2.05) is 13.8 Å². The normalized spacial score (nSPS) is 46.2. The minimum Gasteiger partial charge on any atom is -0.387 e. The molecule has 104 valence electrons. The van der Waals surface area contributed by atoms with Crippen LogP contribution in [0.2, 0.25) is 0 Å². The highest BCUT2D eigenvalue weighted by atomic mass is 16.3.